The lowest BCUT2D eigenvalue weighted by atomic mass is 9.47. The third-order valence-electron chi connectivity index (χ3n) is 8.89. The summed E-state index contributed by atoms with van der Waals surface area (Å²) in [6.45, 7) is 4.78. The Hall–Kier alpha value is -2.25. The largest absolute Gasteiger partial charge is 0.369 e. The number of primary amides is 1. The minimum atomic E-state index is -3.53. The van der Waals surface area contributed by atoms with E-state index in [0.717, 1.165) is 19.3 Å². The first-order chi connectivity index (χ1) is 18.4. The molecule has 3 unspecified atom stereocenters. The summed E-state index contributed by atoms with van der Waals surface area (Å²) >= 11 is 6.53. The Bertz CT molecular complexity index is 1140. The van der Waals surface area contributed by atoms with Crippen molar-refractivity contribution < 1.29 is 23.5 Å². The Morgan fingerprint density at radius 1 is 1.15 bits per heavy atom. The molecule has 11 nitrogen and oxygen atoms in total. The number of anilines is 2. The Labute approximate surface area is 235 Å². The molecule has 4 bridgehead atoms. The lowest BCUT2D eigenvalue weighted by molar-refractivity contribution is -0.147. The molecule has 39 heavy (non-hydrogen) atoms. The summed E-state index contributed by atoms with van der Waals surface area (Å²) in [5, 5.41) is 8.77. The summed E-state index contributed by atoms with van der Waals surface area (Å²) in [5.41, 5.74) is 6.25. The first-order valence-electron chi connectivity index (χ1n) is 13.7. The summed E-state index contributed by atoms with van der Waals surface area (Å²) in [6, 6.07) is 4.45. The number of amides is 4. The maximum absolute atomic E-state index is 13.3. The Kier molecular flexibility index (Phi) is 7.70. The molecule has 4 aliphatic carbocycles. The van der Waals surface area contributed by atoms with Crippen LogP contribution in [0.3, 0.4) is 0 Å². The van der Waals surface area contributed by atoms with Gasteiger partial charge in [-0.05, 0) is 91.9 Å². The van der Waals surface area contributed by atoms with Crippen LogP contribution in [0.5, 0.6) is 0 Å². The maximum atomic E-state index is 13.3. The number of nitrogens with zero attached hydrogens (tertiary/aromatic N) is 2. The van der Waals surface area contributed by atoms with Crippen molar-refractivity contribution in [2.24, 2.45) is 34.8 Å². The highest BCUT2D eigenvalue weighted by molar-refractivity contribution is 8.23. The first kappa shape index (κ1) is 28.3. The number of nitrogens with one attached hydrogen (secondary N) is 3. The second-order valence-electron chi connectivity index (χ2n) is 11.8. The van der Waals surface area contributed by atoms with Crippen LogP contribution in [-0.2, 0) is 9.59 Å². The highest BCUT2D eigenvalue weighted by atomic mass is 35.5. The van der Waals surface area contributed by atoms with Crippen molar-refractivity contribution in [3.05, 3.63) is 23.2 Å². The number of nitrogens with two attached hydrogens (primary N) is 1. The van der Waals surface area contributed by atoms with Gasteiger partial charge < -0.3 is 21.7 Å². The maximum Gasteiger partial charge on any atom is 0.319 e. The van der Waals surface area contributed by atoms with Gasteiger partial charge in [-0.15, -0.1) is 0 Å². The summed E-state index contributed by atoms with van der Waals surface area (Å²) < 4.78 is 25.6. The van der Waals surface area contributed by atoms with Gasteiger partial charge in [0.1, 0.15) is 0 Å². The van der Waals surface area contributed by atoms with Gasteiger partial charge in [0.2, 0.25) is 11.8 Å². The highest BCUT2D eigenvalue weighted by Gasteiger charge is 2.58. The molecule has 1 aromatic carbocycles. The number of halogens is 1. The predicted octanol–water partition coefficient (Wildman–Crippen LogP) is 3.62. The lowest BCUT2D eigenvalue weighted by Crippen LogP contribution is -2.63. The molecule has 0 spiro atoms. The van der Waals surface area contributed by atoms with Crippen LogP contribution >= 0.6 is 22.6 Å². The van der Waals surface area contributed by atoms with E-state index in [1.54, 1.807) is 18.2 Å². The Morgan fingerprint density at radius 3 is 2.46 bits per heavy atom. The van der Waals surface area contributed by atoms with Gasteiger partial charge in [0.15, 0.2) is 0 Å². The predicted molar refractivity (Wildman–Crippen MR) is 152 cm³/mol. The molecule has 216 valence electrons. The van der Waals surface area contributed by atoms with Crippen LogP contribution < -0.4 is 26.0 Å². The van der Waals surface area contributed by atoms with E-state index in [9.17, 15) is 23.5 Å². The summed E-state index contributed by atoms with van der Waals surface area (Å²) in [6.07, 6.45) is 4.28. The minimum absolute atomic E-state index is 0.0264. The van der Waals surface area contributed by atoms with Gasteiger partial charge in [-0.25, -0.2) is 4.79 Å². The Morgan fingerprint density at radius 2 is 1.85 bits per heavy atom. The zero-order chi connectivity index (χ0) is 28.1. The van der Waals surface area contributed by atoms with Crippen molar-refractivity contribution in [2.75, 3.05) is 35.8 Å². The van der Waals surface area contributed by atoms with Gasteiger partial charge in [0.25, 0.3) is 0 Å². The van der Waals surface area contributed by atoms with Gasteiger partial charge in [-0.1, -0.05) is 18.5 Å². The third kappa shape index (κ3) is 5.41. The zero-order valence-electron chi connectivity index (χ0n) is 22.4. The minimum Gasteiger partial charge on any atom is -0.369 e. The van der Waals surface area contributed by atoms with Crippen molar-refractivity contribution in [3.8, 4) is 0 Å². The van der Waals surface area contributed by atoms with Crippen LogP contribution in [0.4, 0.5) is 16.2 Å². The van der Waals surface area contributed by atoms with Crippen LogP contribution in [0.25, 0.3) is 0 Å². The molecule has 4 saturated carbocycles. The number of hydrogen-bond acceptors (Lipinski definition) is 7. The second-order valence-corrected chi connectivity index (χ2v) is 14.2. The molecule has 4 amide bonds. The number of carbonyl (C=O) groups is 3. The molecule has 5 aliphatic rings. The molecule has 0 aromatic heterocycles. The van der Waals surface area contributed by atoms with Crippen molar-refractivity contribution >= 4 is 51.8 Å². The molecule has 5 fully saturated rings. The molecular weight excluding hydrogens is 544 g/mol. The molecule has 3 atom stereocenters. The molecular formula is C26H39ClN6O5S. The van der Waals surface area contributed by atoms with Gasteiger partial charge in [0.05, 0.1) is 17.3 Å². The number of carbonyl (C=O) groups excluding carboxylic acids is 3. The molecule has 1 aromatic rings. The van der Waals surface area contributed by atoms with Crippen molar-refractivity contribution in [3.63, 3.8) is 0 Å². The molecule has 7 N–H and O–H groups in total. The van der Waals surface area contributed by atoms with Crippen molar-refractivity contribution in [1.29, 1.82) is 0 Å². The van der Waals surface area contributed by atoms with Crippen LogP contribution in [0.2, 0.25) is 5.02 Å². The molecule has 1 heterocycles. The molecule has 13 heteroatoms. The van der Waals surface area contributed by atoms with Crippen LogP contribution in [-0.4, -0.2) is 63.5 Å². The lowest BCUT2D eigenvalue weighted by Gasteiger charge is -2.59. The van der Waals surface area contributed by atoms with E-state index in [-0.39, 0.29) is 53.2 Å². The molecule has 1 aliphatic heterocycles. The Balaban J connectivity index is 1.27. The normalized spacial score (nSPS) is 33.9. The monoisotopic (exact) mass is 582 g/mol. The van der Waals surface area contributed by atoms with E-state index < -0.39 is 16.4 Å². The van der Waals surface area contributed by atoms with E-state index in [1.165, 1.54) is 8.61 Å². The number of benzene rings is 1. The summed E-state index contributed by atoms with van der Waals surface area (Å²) in [7, 11) is -3.53. The molecule has 1 saturated heterocycles. The first-order valence-corrected chi connectivity index (χ1v) is 15.5. The summed E-state index contributed by atoms with van der Waals surface area (Å²) in [4.78, 5) is 37.4. The van der Waals surface area contributed by atoms with E-state index in [1.807, 2.05) is 13.8 Å². The van der Waals surface area contributed by atoms with E-state index in [0.29, 0.717) is 49.8 Å². The quantitative estimate of drug-likeness (QED) is 0.286. The van der Waals surface area contributed by atoms with Crippen LogP contribution in [0, 0.1) is 29.1 Å². The fraction of sp³-hybridized carbons (Fsp3) is 0.654. The smallest absolute Gasteiger partial charge is 0.319 e. The second kappa shape index (κ2) is 10.6. The van der Waals surface area contributed by atoms with E-state index in [2.05, 4.69) is 16.0 Å². The van der Waals surface area contributed by atoms with E-state index >= 15 is 0 Å². The van der Waals surface area contributed by atoms with Gasteiger partial charge >= 0.3 is 6.03 Å². The average Bonchev–Trinajstić information content (AvgIpc) is 2.84. The molecule has 6 rings (SSSR count). The summed E-state index contributed by atoms with van der Waals surface area (Å²) in [5.74, 6) is 0.472. The molecule has 0 radical (unpaired) electrons. The van der Waals surface area contributed by atoms with Gasteiger partial charge in [-0.3, -0.25) is 23.0 Å². The fourth-order valence-corrected chi connectivity index (χ4v) is 9.72. The highest BCUT2D eigenvalue weighted by Crippen LogP contribution is 2.60. The third-order valence-corrected chi connectivity index (χ3v) is 11.1. The number of rotatable bonds is 7. The van der Waals surface area contributed by atoms with E-state index in [4.69, 9.17) is 17.3 Å². The standard InChI is InChI=1S/C26H39ClN6O5S/c1-3-29-25(36)30-19-4-5-21(20(27)8-19)33-13-15(2)12-32(39(33,37)38)14-22(34)31-23-17-6-16-7-18(23)11-26(9-16,10-17)24(28)35/h4-5,8,15-18,23,37-38H,3,6-7,9-14H2,1-2H3,(H2,28,35)(H,31,34)(H2,29,30,36). The SMILES string of the molecule is CCNC(=O)Nc1ccc(N2CC(C)CN(CC(=O)NC3C4CC5CC3CC(C(N)=O)(C5)C4)S2(O)O)c(Cl)c1. The van der Waals surface area contributed by atoms with Crippen LogP contribution in [0.15, 0.2) is 18.2 Å². The van der Waals surface area contributed by atoms with Gasteiger partial charge in [-0.2, -0.15) is 4.31 Å². The average molecular weight is 583 g/mol. The zero-order valence-corrected chi connectivity index (χ0v) is 23.9. The fourth-order valence-electron chi connectivity index (χ4n) is 7.49. The van der Waals surface area contributed by atoms with Crippen molar-refractivity contribution in [1.82, 2.24) is 14.9 Å². The number of urea groups is 1. The topological polar surface area (TPSA) is 160 Å². The van der Waals surface area contributed by atoms with Crippen LogP contribution in [0.1, 0.15) is 46.0 Å². The van der Waals surface area contributed by atoms with Crippen molar-refractivity contribution in [2.45, 2.75) is 52.0 Å². The number of hydrogen-bond donors (Lipinski definition) is 6. The van der Waals surface area contributed by atoms with Gasteiger partial charge in [0, 0.05) is 36.8 Å².